The highest BCUT2D eigenvalue weighted by molar-refractivity contribution is 5.78. The molecule has 0 fully saturated rings. The van der Waals surface area contributed by atoms with E-state index in [0.717, 1.165) is 11.3 Å². The highest BCUT2D eigenvalue weighted by Crippen LogP contribution is 2.13. The van der Waals surface area contributed by atoms with Crippen molar-refractivity contribution in [3.05, 3.63) is 29.8 Å². The molecule has 1 rings (SSSR count). The SMILES string of the molecule is CCOc1ccc(CC(=O)N(C)CCCO)cc1. The van der Waals surface area contributed by atoms with E-state index in [1.807, 2.05) is 31.2 Å². The van der Waals surface area contributed by atoms with E-state index in [1.165, 1.54) is 0 Å². The van der Waals surface area contributed by atoms with Gasteiger partial charge in [0, 0.05) is 20.2 Å². The van der Waals surface area contributed by atoms with Crippen LogP contribution < -0.4 is 4.74 Å². The molecule has 18 heavy (non-hydrogen) atoms. The Bertz CT molecular complexity index is 362. The van der Waals surface area contributed by atoms with Gasteiger partial charge in [-0.15, -0.1) is 0 Å². The van der Waals surface area contributed by atoms with Crippen LogP contribution in [0.3, 0.4) is 0 Å². The molecule has 100 valence electrons. The molecule has 0 spiro atoms. The fourth-order valence-corrected chi connectivity index (χ4v) is 1.61. The first-order valence-corrected chi connectivity index (χ1v) is 6.24. The maximum absolute atomic E-state index is 11.8. The number of carbonyl (C=O) groups is 1. The van der Waals surface area contributed by atoms with Crippen LogP contribution in [-0.4, -0.2) is 42.7 Å². The topological polar surface area (TPSA) is 49.8 Å². The van der Waals surface area contributed by atoms with Gasteiger partial charge in [-0.2, -0.15) is 0 Å². The second-order valence-electron chi connectivity index (χ2n) is 4.15. The molecule has 0 unspecified atom stereocenters. The van der Waals surface area contributed by atoms with Crippen molar-refractivity contribution < 1.29 is 14.6 Å². The molecule has 1 aromatic carbocycles. The second-order valence-corrected chi connectivity index (χ2v) is 4.15. The van der Waals surface area contributed by atoms with Gasteiger partial charge in [0.1, 0.15) is 5.75 Å². The standard InChI is InChI=1S/C14H21NO3/c1-3-18-13-7-5-12(6-8-13)11-14(17)15(2)9-4-10-16/h5-8,16H,3-4,9-11H2,1-2H3. The van der Waals surface area contributed by atoms with Crippen molar-refractivity contribution in [1.82, 2.24) is 4.90 Å². The summed E-state index contributed by atoms with van der Waals surface area (Å²) in [5.74, 6) is 0.884. The Hall–Kier alpha value is -1.55. The van der Waals surface area contributed by atoms with E-state index in [-0.39, 0.29) is 12.5 Å². The van der Waals surface area contributed by atoms with Crippen molar-refractivity contribution in [2.24, 2.45) is 0 Å². The van der Waals surface area contributed by atoms with Crippen molar-refractivity contribution in [1.29, 1.82) is 0 Å². The minimum absolute atomic E-state index is 0.0626. The molecule has 0 heterocycles. The summed E-state index contributed by atoms with van der Waals surface area (Å²) in [5.41, 5.74) is 0.972. The Labute approximate surface area is 108 Å². The smallest absolute Gasteiger partial charge is 0.226 e. The molecule has 0 radical (unpaired) electrons. The lowest BCUT2D eigenvalue weighted by Gasteiger charge is -2.16. The normalized spacial score (nSPS) is 10.2. The largest absolute Gasteiger partial charge is 0.494 e. The van der Waals surface area contributed by atoms with Crippen molar-refractivity contribution in [2.45, 2.75) is 19.8 Å². The number of carbonyl (C=O) groups excluding carboxylic acids is 1. The molecule has 0 aromatic heterocycles. The van der Waals surface area contributed by atoms with E-state index in [9.17, 15) is 4.79 Å². The van der Waals surface area contributed by atoms with Crippen LogP contribution in [0.2, 0.25) is 0 Å². The average Bonchev–Trinajstić information content (AvgIpc) is 2.38. The van der Waals surface area contributed by atoms with Crippen LogP contribution in [0.25, 0.3) is 0 Å². The highest BCUT2D eigenvalue weighted by atomic mass is 16.5. The molecule has 1 aromatic rings. The molecule has 4 heteroatoms. The summed E-state index contributed by atoms with van der Waals surface area (Å²) in [6.45, 7) is 3.28. The van der Waals surface area contributed by atoms with Crippen molar-refractivity contribution >= 4 is 5.91 Å². The van der Waals surface area contributed by atoms with Crippen LogP contribution >= 0.6 is 0 Å². The third kappa shape index (κ3) is 4.75. The minimum Gasteiger partial charge on any atom is -0.494 e. The van der Waals surface area contributed by atoms with Gasteiger partial charge in [-0.25, -0.2) is 0 Å². The number of hydrogen-bond donors (Lipinski definition) is 1. The lowest BCUT2D eigenvalue weighted by molar-refractivity contribution is -0.129. The molecule has 0 aliphatic carbocycles. The first kappa shape index (κ1) is 14.5. The summed E-state index contributed by atoms with van der Waals surface area (Å²) in [7, 11) is 1.76. The number of amides is 1. The van der Waals surface area contributed by atoms with E-state index in [4.69, 9.17) is 9.84 Å². The molecular formula is C14H21NO3. The molecule has 1 amide bonds. The Morgan fingerprint density at radius 1 is 1.33 bits per heavy atom. The molecule has 0 atom stereocenters. The van der Waals surface area contributed by atoms with Crippen LogP contribution in [0.4, 0.5) is 0 Å². The molecule has 4 nitrogen and oxygen atoms in total. The number of ether oxygens (including phenoxy) is 1. The third-order valence-electron chi connectivity index (χ3n) is 2.67. The second kappa shape index (κ2) is 7.71. The van der Waals surface area contributed by atoms with E-state index in [1.54, 1.807) is 11.9 Å². The summed E-state index contributed by atoms with van der Waals surface area (Å²) >= 11 is 0. The minimum atomic E-state index is 0.0626. The van der Waals surface area contributed by atoms with Gasteiger partial charge < -0.3 is 14.7 Å². The predicted molar refractivity (Wildman–Crippen MR) is 70.7 cm³/mol. The van der Waals surface area contributed by atoms with Crippen LogP contribution in [0.1, 0.15) is 18.9 Å². The van der Waals surface area contributed by atoms with Crippen LogP contribution in [0.5, 0.6) is 5.75 Å². The van der Waals surface area contributed by atoms with E-state index in [2.05, 4.69) is 0 Å². The summed E-state index contributed by atoms with van der Waals surface area (Å²) < 4.78 is 5.34. The fourth-order valence-electron chi connectivity index (χ4n) is 1.61. The van der Waals surface area contributed by atoms with E-state index < -0.39 is 0 Å². The van der Waals surface area contributed by atoms with Crippen molar-refractivity contribution in [2.75, 3.05) is 26.8 Å². The van der Waals surface area contributed by atoms with Gasteiger partial charge in [0.15, 0.2) is 0 Å². The monoisotopic (exact) mass is 251 g/mol. The Balaban J connectivity index is 2.48. The van der Waals surface area contributed by atoms with Crippen LogP contribution in [0, 0.1) is 0 Å². The van der Waals surface area contributed by atoms with Gasteiger partial charge in [0.2, 0.25) is 5.91 Å². The van der Waals surface area contributed by atoms with E-state index in [0.29, 0.717) is 26.0 Å². The number of aliphatic hydroxyl groups excluding tert-OH is 1. The molecule has 0 aliphatic rings. The highest BCUT2D eigenvalue weighted by Gasteiger charge is 2.09. The van der Waals surface area contributed by atoms with Crippen molar-refractivity contribution in [3.63, 3.8) is 0 Å². The van der Waals surface area contributed by atoms with Crippen molar-refractivity contribution in [3.8, 4) is 5.75 Å². The number of benzene rings is 1. The first-order chi connectivity index (χ1) is 8.67. The molecule has 0 saturated carbocycles. The zero-order valence-electron chi connectivity index (χ0n) is 11.1. The van der Waals surface area contributed by atoms with Gasteiger partial charge >= 0.3 is 0 Å². The van der Waals surface area contributed by atoms with Crippen LogP contribution in [0.15, 0.2) is 24.3 Å². The lowest BCUT2D eigenvalue weighted by atomic mass is 10.1. The molecule has 0 aliphatic heterocycles. The van der Waals surface area contributed by atoms with Gasteiger partial charge in [0.25, 0.3) is 0 Å². The Morgan fingerprint density at radius 2 is 2.00 bits per heavy atom. The maximum atomic E-state index is 11.8. The molecule has 0 bridgehead atoms. The van der Waals surface area contributed by atoms with Gasteiger partial charge in [-0.1, -0.05) is 12.1 Å². The predicted octanol–water partition coefficient (Wildman–Crippen LogP) is 1.47. The lowest BCUT2D eigenvalue weighted by Crippen LogP contribution is -2.29. The Morgan fingerprint density at radius 3 is 2.56 bits per heavy atom. The van der Waals surface area contributed by atoms with Crippen LogP contribution in [-0.2, 0) is 11.2 Å². The first-order valence-electron chi connectivity index (χ1n) is 6.24. The Kier molecular flexibility index (Phi) is 6.22. The number of aliphatic hydroxyl groups is 1. The quantitative estimate of drug-likeness (QED) is 0.798. The molecule has 1 N–H and O–H groups in total. The van der Waals surface area contributed by atoms with Gasteiger partial charge in [-0.05, 0) is 31.0 Å². The number of hydrogen-bond acceptors (Lipinski definition) is 3. The zero-order valence-corrected chi connectivity index (χ0v) is 11.1. The summed E-state index contributed by atoms with van der Waals surface area (Å²) in [5, 5.41) is 8.72. The van der Waals surface area contributed by atoms with E-state index >= 15 is 0 Å². The summed E-state index contributed by atoms with van der Waals surface area (Å²) in [6, 6.07) is 7.56. The summed E-state index contributed by atoms with van der Waals surface area (Å²) in [4.78, 5) is 13.5. The third-order valence-corrected chi connectivity index (χ3v) is 2.67. The zero-order chi connectivity index (χ0) is 13.4. The average molecular weight is 251 g/mol. The number of nitrogens with zero attached hydrogens (tertiary/aromatic N) is 1. The summed E-state index contributed by atoms with van der Waals surface area (Å²) in [6.07, 6.45) is 1.000. The number of rotatable bonds is 7. The van der Waals surface area contributed by atoms with Gasteiger partial charge in [-0.3, -0.25) is 4.79 Å². The maximum Gasteiger partial charge on any atom is 0.226 e. The van der Waals surface area contributed by atoms with Gasteiger partial charge in [0.05, 0.1) is 13.0 Å². The number of likely N-dealkylation sites (N-methyl/N-ethyl adjacent to an activating group) is 1. The molecule has 0 saturated heterocycles. The fraction of sp³-hybridized carbons (Fsp3) is 0.500. The molecular weight excluding hydrogens is 230 g/mol.